The average molecular weight is 342 g/mol. The van der Waals surface area contributed by atoms with Crippen LogP contribution in [0.25, 0.3) is 0 Å². The lowest BCUT2D eigenvalue weighted by atomic mass is 9.76. The lowest BCUT2D eigenvalue weighted by Gasteiger charge is -2.38. The van der Waals surface area contributed by atoms with Crippen molar-refractivity contribution in [3.8, 4) is 0 Å². The number of rotatable bonds is 5. The molecule has 0 spiro atoms. The molecule has 1 unspecified atom stereocenters. The zero-order chi connectivity index (χ0) is 16.4. The molecule has 1 aromatic heterocycles. The first kappa shape index (κ1) is 16.9. The number of hydrogen-bond donors (Lipinski definition) is 2. The molecular formula is C15H26N4O3S. The lowest BCUT2D eigenvalue weighted by molar-refractivity contribution is 0.0277. The summed E-state index contributed by atoms with van der Waals surface area (Å²) in [5.41, 5.74) is 0.864. The first-order valence-electron chi connectivity index (χ1n) is 8.40. The summed E-state index contributed by atoms with van der Waals surface area (Å²) >= 11 is 0. The van der Waals surface area contributed by atoms with Crippen molar-refractivity contribution in [2.45, 2.75) is 50.7 Å². The number of aliphatic hydroxyl groups is 1. The summed E-state index contributed by atoms with van der Waals surface area (Å²) in [5.74, 6) is 0.121. The van der Waals surface area contributed by atoms with Gasteiger partial charge in [-0.3, -0.25) is 4.68 Å². The minimum Gasteiger partial charge on any atom is -0.393 e. The molecule has 130 valence electrons. The minimum atomic E-state index is -3.52. The van der Waals surface area contributed by atoms with Crippen LogP contribution in [0.4, 0.5) is 0 Å². The first-order valence-corrected chi connectivity index (χ1v) is 9.84. The van der Waals surface area contributed by atoms with Gasteiger partial charge in [-0.05, 0) is 31.6 Å². The number of nitrogens with one attached hydrogen (secondary N) is 1. The molecule has 2 fully saturated rings. The van der Waals surface area contributed by atoms with E-state index in [-0.39, 0.29) is 18.1 Å². The first-order chi connectivity index (χ1) is 11.0. The molecule has 0 bridgehead atoms. The number of hydrogen-bond acceptors (Lipinski definition) is 4. The second-order valence-electron chi connectivity index (χ2n) is 6.75. The third-order valence-corrected chi connectivity index (χ3v) is 6.48. The summed E-state index contributed by atoms with van der Waals surface area (Å²) in [5, 5.41) is 13.8. The fourth-order valence-electron chi connectivity index (χ4n) is 3.46. The summed E-state index contributed by atoms with van der Waals surface area (Å²) < 4.78 is 31.7. The molecule has 0 aromatic carbocycles. The molecule has 1 aromatic rings. The topological polar surface area (TPSA) is 87.5 Å². The zero-order valence-corrected chi connectivity index (χ0v) is 14.4. The highest BCUT2D eigenvalue weighted by Gasteiger charge is 2.38. The average Bonchev–Trinajstić information content (AvgIpc) is 2.74. The van der Waals surface area contributed by atoms with Crippen molar-refractivity contribution in [1.82, 2.24) is 18.8 Å². The Morgan fingerprint density at radius 1 is 1.26 bits per heavy atom. The van der Waals surface area contributed by atoms with Crippen LogP contribution in [-0.2, 0) is 17.3 Å². The van der Waals surface area contributed by atoms with Crippen LogP contribution in [0.2, 0.25) is 0 Å². The van der Waals surface area contributed by atoms with Crippen molar-refractivity contribution in [2.75, 3.05) is 13.1 Å². The number of aliphatic hydroxyl groups excluding tert-OH is 1. The maximum Gasteiger partial charge on any atom is 0.280 e. The highest BCUT2D eigenvalue weighted by Crippen LogP contribution is 2.38. The van der Waals surface area contributed by atoms with Gasteiger partial charge in [0, 0.05) is 31.9 Å². The van der Waals surface area contributed by atoms with Gasteiger partial charge in [0.1, 0.15) is 0 Å². The van der Waals surface area contributed by atoms with Crippen molar-refractivity contribution in [3.63, 3.8) is 0 Å². The molecule has 2 N–H and O–H groups in total. The van der Waals surface area contributed by atoms with E-state index in [1.165, 1.54) is 0 Å². The van der Waals surface area contributed by atoms with Gasteiger partial charge in [0.25, 0.3) is 10.2 Å². The van der Waals surface area contributed by atoms with E-state index in [1.54, 1.807) is 15.2 Å². The molecule has 0 amide bonds. The zero-order valence-electron chi connectivity index (χ0n) is 13.6. The molecule has 23 heavy (non-hydrogen) atoms. The normalized spacial score (nSPS) is 28.1. The number of aromatic nitrogens is 2. The van der Waals surface area contributed by atoms with Gasteiger partial charge in [-0.15, -0.1) is 0 Å². The van der Waals surface area contributed by atoms with Crippen LogP contribution in [0.3, 0.4) is 0 Å². The summed E-state index contributed by atoms with van der Waals surface area (Å²) in [7, 11) is -1.70. The Morgan fingerprint density at radius 3 is 2.43 bits per heavy atom. The third-order valence-electron chi connectivity index (χ3n) is 4.89. The second-order valence-corrected chi connectivity index (χ2v) is 8.45. The monoisotopic (exact) mass is 342 g/mol. The van der Waals surface area contributed by atoms with Gasteiger partial charge in [-0.1, -0.05) is 12.8 Å². The quantitative estimate of drug-likeness (QED) is 0.834. The molecule has 2 aliphatic rings. The van der Waals surface area contributed by atoms with Crippen LogP contribution < -0.4 is 4.72 Å². The largest absolute Gasteiger partial charge is 0.393 e. The molecule has 1 saturated carbocycles. The van der Waals surface area contributed by atoms with Crippen molar-refractivity contribution < 1.29 is 13.5 Å². The SMILES string of the molecule is Cn1cc(C(NS(=O)(=O)N2CCCCCC2)C2CC(O)C2)cn1. The van der Waals surface area contributed by atoms with Gasteiger partial charge in [0.15, 0.2) is 0 Å². The molecule has 8 heteroatoms. The summed E-state index contributed by atoms with van der Waals surface area (Å²) in [6.45, 7) is 1.17. The van der Waals surface area contributed by atoms with E-state index < -0.39 is 10.2 Å². The van der Waals surface area contributed by atoms with Gasteiger partial charge in [-0.2, -0.15) is 22.5 Å². The summed E-state index contributed by atoms with van der Waals surface area (Å²) in [4.78, 5) is 0. The van der Waals surface area contributed by atoms with Crippen molar-refractivity contribution in [2.24, 2.45) is 13.0 Å². The highest BCUT2D eigenvalue weighted by atomic mass is 32.2. The number of aryl methyl sites for hydroxylation is 1. The van der Waals surface area contributed by atoms with Crippen molar-refractivity contribution in [1.29, 1.82) is 0 Å². The fraction of sp³-hybridized carbons (Fsp3) is 0.800. The summed E-state index contributed by atoms with van der Waals surface area (Å²) in [6, 6.07) is -0.319. The second kappa shape index (κ2) is 6.88. The minimum absolute atomic E-state index is 0.121. The molecule has 1 aliphatic heterocycles. The lowest BCUT2D eigenvalue weighted by Crippen LogP contribution is -2.47. The van der Waals surface area contributed by atoms with Gasteiger partial charge in [-0.25, -0.2) is 0 Å². The third kappa shape index (κ3) is 3.93. The van der Waals surface area contributed by atoms with Gasteiger partial charge in [0.2, 0.25) is 0 Å². The van der Waals surface area contributed by atoms with E-state index in [9.17, 15) is 13.5 Å². The van der Waals surface area contributed by atoms with Crippen LogP contribution in [-0.4, -0.2) is 46.8 Å². The Morgan fingerprint density at radius 2 is 1.91 bits per heavy atom. The molecule has 1 aliphatic carbocycles. The van der Waals surface area contributed by atoms with Crippen molar-refractivity contribution in [3.05, 3.63) is 18.0 Å². The predicted octanol–water partition coefficient (Wildman–Crippen LogP) is 0.942. The fourth-order valence-corrected chi connectivity index (χ4v) is 4.99. The van der Waals surface area contributed by atoms with Gasteiger partial charge in [0.05, 0.1) is 18.3 Å². The maximum atomic E-state index is 12.8. The van der Waals surface area contributed by atoms with Crippen LogP contribution in [0.5, 0.6) is 0 Å². The van der Waals surface area contributed by atoms with E-state index in [1.807, 2.05) is 13.2 Å². The van der Waals surface area contributed by atoms with Crippen molar-refractivity contribution >= 4 is 10.2 Å². The molecule has 1 saturated heterocycles. The van der Waals surface area contributed by atoms with Crippen LogP contribution in [0, 0.1) is 5.92 Å². The maximum absolute atomic E-state index is 12.8. The molecule has 1 atom stereocenters. The Bertz CT molecular complexity index is 616. The molecular weight excluding hydrogens is 316 g/mol. The predicted molar refractivity (Wildman–Crippen MR) is 86.8 cm³/mol. The highest BCUT2D eigenvalue weighted by molar-refractivity contribution is 7.87. The molecule has 3 rings (SSSR count). The Balaban J connectivity index is 1.77. The molecule has 0 radical (unpaired) electrons. The van der Waals surface area contributed by atoms with Crippen LogP contribution in [0.1, 0.15) is 50.1 Å². The van der Waals surface area contributed by atoms with Crippen LogP contribution >= 0.6 is 0 Å². The molecule has 7 nitrogen and oxygen atoms in total. The van der Waals surface area contributed by atoms with E-state index in [0.29, 0.717) is 25.9 Å². The Labute approximate surface area is 137 Å². The van der Waals surface area contributed by atoms with E-state index >= 15 is 0 Å². The standard InChI is InChI=1S/C15H26N4O3S/c1-18-11-13(10-16-18)15(12-8-14(20)9-12)17-23(21,22)19-6-4-2-3-5-7-19/h10-12,14-15,17,20H,2-9H2,1H3. The van der Waals surface area contributed by atoms with E-state index in [4.69, 9.17) is 0 Å². The Hall–Kier alpha value is -0.960. The van der Waals surface area contributed by atoms with Gasteiger partial charge >= 0.3 is 0 Å². The summed E-state index contributed by atoms with van der Waals surface area (Å²) in [6.07, 6.45) is 8.51. The van der Waals surface area contributed by atoms with Crippen LogP contribution in [0.15, 0.2) is 12.4 Å². The Kier molecular flexibility index (Phi) is 5.05. The van der Waals surface area contributed by atoms with Gasteiger partial charge < -0.3 is 5.11 Å². The number of nitrogens with zero attached hydrogens (tertiary/aromatic N) is 3. The smallest absolute Gasteiger partial charge is 0.280 e. The van der Waals surface area contributed by atoms with E-state index in [2.05, 4.69) is 9.82 Å². The molecule has 2 heterocycles. The van der Waals surface area contributed by atoms with E-state index in [0.717, 1.165) is 31.2 Å².